The average Bonchev–Trinajstić information content (AvgIpc) is 2.68. The molecule has 150 valence electrons. The minimum absolute atomic E-state index is 0.0976. The van der Waals surface area contributed by atoms with Gasteiger partial charge in [-0.2, -0.15) is 0 Å². The van der Waals surface area contributed by atoms with E-state index in [9.17, 15) is 14.0 Å². The number of halogens is 3. The van der Waals surface area contributed by atoms with Crippen molar-refractivity contribution in [3.05, 3.63) is 57.3 Å². The molecule has 1 atom stereocenters. The Bertz CT molecular complexity index is 891. The second-order valence-electron chi connectivity index (χ2n) is 5.71. The van der Waals surface area contributed by atoms with Gasteiger partial charge < -0.3 is 19.5 Å². The molecule has 2 aromatic carbocycles. The summed E-state index contributed by atoms with van der Waals surface area (Å²) in [6.45, 7) is 1.37. The highest BCUT2D eigenvalue weighted by atomic mass is 35.5. The predicted octanol–water partition coefficient (Wildman–Crippen LogP) is 4.18. The summed E-state index contributed by atoms with van der Waals surface area (Å²) in [6, 6.07) is 6.34. The van der Waals surface area contributed by atoms with Crippen molar-refractivity contribution in [3.63, 3.8) is 0 Å². The van der Waals surface area contributed by atoms with Gasteiger partial charge in [-0.3, -0.25) is 4.79 Å². The van der Waals surface area contributed by atoms with Crippen LogP contribution in [0.25, 0.3) is 0 Å². The normalized spacial score (nSPS) is 11.5. The van der Waals surface area contributed by atoms with Gasteiger partial charge in [0.2, 0.25) is 0 Å². The third kappa shape index (κ3) is 5.27. The summed E-state index contributed by atoms with van der Waals surface area (Å²) in [7, 11) is 2.65. The maximum Gasteiger partial charge on any atom is 0.343 e. The van der Waals surface area contributed by atoms with Crippen molar-refractivity contribution in [1.82, 2.24) is 5.32 Å². The van der Waals surface area contributed by atoms with Gasteiger partial charge in [0.05, 0.1) is 25.3 Å². The summed E-state index contributed by atoms with van der Waals surface area (Å²) in [5, 5.41) is 2.87. The zero-order valence-corrected chi connectivity index (χ0v) is 16.9. The highest BCUT2D eigenvalue weighted by molar-refractivity contribution is 6.35. The van der Waals surface area contributed by atoms with Gasteiger partial charge >= 0.3 is 5.97 Å². The van der Waals surface area contributed by atoms with Gasteiger partial charge in [-0.15, -0.1) is 0 Å². The number of nitrogens with one attached hydrogen (secondary N) is 1. The molecule has 1 amide bonds. The number of carbonyl (C=O) groups excluding carboxylic acids is 2. The van der Waals surface area contributed by atoms with Crippen molar-refractivity contribution in [2.75, 3.05) is 20.8 Å². The zero-order chi connectivity index (χ0) is 20.8. The highest BCUT2D eigenvalue weighted by Gasteiger charge is 2.18. The van der Waals surface area contributed by atoms with Crippen LogP contribution in [0.1, 0.15) is 28.9 Å². The topological polar surface area (TPSA) is 73.9 Å². The van der Waals surface area contributed by atoms with Gasteiger partial charge in [-0.1, -0.05) is 23.2 Å². The Hall–Kier alpha value is -2.51. The zero-order valence-electron chi connectivity index (χ0n) is 15.3. The fourth-order valence-corrected chi connectivity index (χ4v) is 2.90. The summed E-state index contributed by atoms with van der Waals surface area (Å²) in [4.78, 5) is 23.7. The molecule has 0 spiro atoms. The number of benzene rings is 2. The molecule has 6 nitrogen and oxygen atoms in total. The largest absolute Gasteiger partial charge is 0.493 e. The van der Waals surface area contributed by atoms with Gasteiger partial charge in [-0.25, -0.2) is 9.18 Å². The van der Waals surface area contributed by atoms with Crippen LogP contribution in [0, 0.1) is 5.82 Å². The quantitative estimate of drug-likeness (QED) is 0.527. The molecule has 1 unspecified atom stereocenters. The molecule has 0 radical (unpaired) electrons. The smallest absolute Gasteiger partial charge is 0.343 e. The van der Waals surface area contributed by atoms with Crippen LogP contribution < -0.4 is 14.8 Å². The van der Waals surface area contributed by atoms with Crippen LogP contribution in [0.15, 0.2) is 30.3 Å². The maximum absolute atomic E-state index is 13.7. The van der Waals surface area contributed by atoms with Crippen LogP contribution in [0.4, 0.5) is 4.39 Å². The van der Waals surface area contributed by atoms with Crippen molar-refractivity contribution < 1.29 is 28.2 Å². The summed E-state index contributed by atoms with van der Waals surface area (Å²) in [6.07, 6.45) is 0. The molecule has 28 heavy (non-hydrogen) atoms. The van der Waals surface area contributed by atoms with Crippen LogP contribution in [-0.4, -0.2) is 32.7 Å². The van der Waals surface area contributed by atoms with Crippen LogP contribution in [0.5, 0.6) is 11.5 Å². The molecule has 0 saturated heterocycles. The molecule has 0 aliphatic carbocycles. The fourth-order valence-electron chi connectivity index (χ4n) is 2.35. The van der Waals surface area contributed by atoms with E-state index in [1.165, 1.54) is 44.6 Å². The molecule has 1 N–H and O–H groups in total. The Balaban J connectivity index is 2.15. The van der Waals surface area contributed by atoms with E-state index >= 15 is 0 Å². The van der Waals surface area contributed by atoms with Crippen molar-refractivity contribution in [2.45, 2.75) is 13.0 Å². The van der Waals surface area contributed by atoms with Crippen molar-refractivity contribution in [3.8, 4) is 11.5 Å². The lowest BCUT2D eigenvalue weighted by Crippen LogP contribution is -2.27. The molecule has 0 saturated carbocycles. The lowest BCUT2D eigenvalue weighted by molar-refractivity contribution is -0.142. The summed E-state index contributed by atoms with van der Waals surface area (Å²) < 4.78 is 28.7. The van der Waals surface area contributed by atoms with E-state index in [2.05, 4.69) is 10.1 Å². The first-order valence-corrected chi connectivity index (χ1v) is 8.85. The highest BCUT2D eigenvalue weighted by Crippen LogP contribution is 2.30. The molecule has 9 heteroatoms. The first kappa shape index (κ1) is 21.8. The maximum atomic E-state index is 13.7. The number of esters is 1. The van der Waals surface area contributed by atoms with E-state index in [-0.39, 0.29) is 33.7 Å². The molecular formula is C19H18Cl2FNO5. The number of hydrogen-bond donors (Lipinski definition) is 1. The number of methoxy groups -OCH3 is 2. The molecule has 0 bridgehead atoms. The second-order valence-corrected chi connectivity index (χ2v) is 6.53. The lowest BCUT2D eigenvalue weighted by Gasteiger charge is -2.17. The van der Waals surface area contributed by atoms with Crippen LogP contribution >= 0.6 is 23.2 Å². The average molecular weight is 430 g/mol. The fraction of sp³-hybridized carbons (Fsp3) is 0.263. The Morgan fingerprint density at radius 3 is 2.46 bits per heavy atom. The molecule has 0 heterocycles. The Kier molecular flexibility index (Phi) is 7.48. The molecule has 2 rings (SSSR count). The van der Waals surface area contributed by atoms with Crippen molar-refractivity contribution in [2.24, 2.45) is 0 Å². The Morgan fingerprint density at radius 1 is 1.11 bits per heavy atom. The van der Waals surface area contributed by atoms with Crippen LogP contribution in [0.3, 0.4) is 0 Å². The van der Waals surface area contributed by atoms with Gasteiger partial charge in [0, 0.05) is 10.6 Å². The predicted molar refractivity (Wildman–Crippen MR) is 103 cm³/mol. The third-order valence-electron chi connectivity index (χ3n) is 3.85. The van der Waals surface area contributed by atoms with Crippen molar-refractivity contribution >= 4 is 35.1 Å². The molecule has 0 fully saturated rings. The summed E-state index contributed by atoms with van der Waals surface area (Å²) >= 11 is 11.8. The standard InChI is InChI=1S/C19H18Cl2FNO5/c1-10(12-7-15(22)14(21)8-13(12)20)23-19(25)11-4-5-16(17(6-11)26-2)28-9-18(24)27-3/h4-8,10H,9H2,1-3H3,(H,23,25). The molecule has 0 aliphatic heterocycles. The van der Waals surface area contributed by atoms with Crippen molar-refractivity contribution in [1.29, 1.82) is 0 Å². The van der Waals surface area contributed by atoms with E-state index < -0.39 is 23.7 Å². The van der Waals surface area contributed by atoms with E-state index in [1.807, 2.05) is 0 Å². The first-order chi connectivity index (χ1) is 13.3. The number of amides is 1. The molecule has 0 aliphatic rings. The van der Waals surface area contributed by atoms with E-state index in [0.717, 1.165) is 0 Å². The number of ether oxygens (including phenoxy) is 3. The monoisotopic (exact) mass is 429 g/mol. The summed E-state index contributed by atoms with van der Waals surface area (Å²) in [5.41, 5.74) is 0.668. The minimum Gasteiger partial charge on any atom is -0.493 e. The third-order valence-corrected chi connectivity index (χ3v) is 4.47. The minimum atomic E-state index is -0.629. The van der Waals surface area contributed by atoms with E-state index in [4.69, 9.17) is 32.7 Å². The van der Waals surface area contributed by atoms with E-state index in [0.29, 0.717) is 5.56 Å². The first-order valence-electron chi connectivity index (χ1n) is 8.09. The summed E-state index contributed by atoms with van der Waals surface area (Å²) in [5.74, 6) is -1.07. The SMILES string of the molecule is COC(=O)COc1ccc(C(=O)NC(C)c2cc(F)c(Cl)cc2Cl)cc1OC. The van der Waals surface area contributed by atoms with Gasteiger partial charge in [0.1, 0.15) is 5.82 Å². The van der Waals surface area contributed by atoms with E-state index in [1.54, 1.807) is 6.92 Å². The molecule has 2 aromatic rings. The number of hydrogen-bond acceptors (Lipinski definition) is 5. The van der Waals surface area contributed by atoms with Gasteiger partial charge in [0.15, 0.2) is 18.1 Å². The lowest BCUT2D eigenvalue weighted by atomic mass is 10.1. The van der Waals surface area contributed by atoms with Gasteiger partial charge in [-0.05, 0) is 42.8 Å². The molecular weight excluding hydrogens is 412 g/mol. The Labute approximate surface area is 171 Å². The molecule has 0 aromatic heterocycles. The Morgan fingerprint density at radius 2 is 1.82 bits per heavy atom. The van der Waals surface area contributed by atoms with Crippen LogP contribution in [0.2, 0.25) is 10.0 Å². The second kappa shape index (κ2) is 9.61. The number of carbonyl (C=O) groups is 2. The van der Waals surface area contributed by atoms with Crippen LogP contribution in [-0.2, 0) is 9.53 Å². The number of rotatable bonds is 7. The van der Waals surface area contributed by atoms with Gasteiger partial charge in [0.25, 0.3) is 5.91 Å².